The lowest BCUT2D eigenvalue weighted by atomic mass is 9.90. The van der Waals surface area contributed by atoms with Crippen LogP contribution in [0.5, 0.6) is 0 Å². The number of piperazine rings is 1. The number of methoxy groups -OCH3 is 1. The average molecular weight is 551 g/mol. The number of nitrogens with zero attached hydrogens (tertiary/aromatic N) is 4. The van der Waals surface area contributed by atoms with Crippen LogP contribution in [0.4, 0.5) is 0 Å². The topological polar surface area (TPSA) is 88.0 Å². The largest absolute Gasteiger partial charge is 0.389 e. The number of aromatic nitrogens is 2. The summed E-state index contributed by atoms with van der Waals surface area (Å²) >= 11 is 1.50. The zero-order chi connectivity index (χ0) is 27.5. The van der Waals surface area contributed by atoms with Crippen LogP contribution in [0.3, 0.4) is 0 Å². The highest BCUT2D eigenvalue weighted by Gasteiger charge is 2.30. The Morgan fingerprint density at radius 3 is 2.26 bits per heavy atom. The molecule has 208 valence electrons. The molecule has 1 N–H and O–H groups in total. The first kappa shape index (κ1) is 29.0. The minimum atomic E-state index is -0.579. The summed E-state index contributed by atoms with van der Waals surface area (Å²) in [5, 5.41) is 20.4. The van der Waals surface area contributed by atoms with Crippen LogP contribution in [0, 0.1) is 5.92 Å². The average Bonchev–Trinajstić information content (AvgIpc) is 3.41. The number of hydrogen-bond acceptors (Lipinski definition) is 8. The lowest BCUT2D eigenvalue weighted by Gasteiger charge is -2.37. The van der Waals surface area contributed by atoms with Gasteiger partial charge in [-0.2, -0.15) is 0 Å². The van der Waals surface area contributed by atoms with E-state index in [-0.39, 0.29) is 24.3 Å². The van der Waals surface area contributed by atoms with Crippen molar-refractivity contribution in [1.29, 1.82) is 0 Å². The molecule has 1 saturated heterocycles. The second kappa shape index (κ2) is 15.0. The molecule has 1 fully saturated rings. The predicted molar refractivity (Wildman–Crippen MR) is 153 cm³/mol. The molecule has 0 saturated carbocycles. The second-order valence-electron chi connectivity index (χ2n) is 9.88. The van der Waals surface area contributed by atoms with Gasteiger partial charge in [-0.3, -0.25) is 9.69 Å². The van der Waals surface area contributed by atoms with Gasteiger partial charge in [-0.05, 0) is 23.1 Å². The summed E-state index contributed by atoms with van der Waals surface area (Å²) in [4.78, 5) is 17.8. The quantitative estimate of drug-likeness (QED) is 0.347. The summed E-state index contributed by atoms with van der Waals surface area (Å²) < 4.78 is 10.8. The van der Waals surface area contributed by atoms with Gasteiger partial charge in [0.25, 0.3) is 0 Å². The van der Waals surface area contributed by atoms with Crippen molar-refractivity contribution in [2.75, 3.05) is 53.0 Å². The van der Waals surface area contributed by atoms with Crippen molar-refractivity contribution in [3.05, 3.63) is 87.9 Å². The summed E-state index contributed by atoms with van der Waals surface area (Å²) in [6.07, 6.45) is 3.41. The molecule has 2 heterocycles. The van der Waals surface area contributed by atoms with Gasteiger partial charge < -0.3 is 19.5 Å². The van der Waals surface area contributed by atoms with Gasteiger partial charge in [0.1, 0.15) is 10.0 Å². The van der Waals surface area contributed by atoms with Crippen molar-refractivity contribution < 1.29 is 19.4 Å². The Labute approximate surface area is 234 Å². The third-order valence-electron chi connectivity index (χ3n) is 6.67. The molecule has 1 amide bonds. The molecule has 39 heavy (non-hydrogen) atoms. The number of ether oxygens (including phenoxy) is 2. The number of carbonyl (C=O) groups is 1. The van der Waals surface area contributed by atoms with Crippen molar-refractivity contribution in [2.24, 2.45) is 5.92 Å². The van der Waals surface area contributed by atoms with E-state index < -0.39 is 6.10 Å². The molecule has 1 aliphatic rings. The SMILES string of the molecule is COCc1nnc(/C=C/C(C)COCC(O)CN2CCN(C(=O)C(c3ccccc3)c3ccccc3)CC2)s1. The van der Waals surface area contributed by atoms with Gasteiger partial charge in [-0.15, -0.1) is 10.2 Å². The molecular formula is C30H38N4O4S. The zero-order valence-corrected chi connectivity index (χ0v) is 23.5. The molecule has 4 rings (SSSR count). The fourth-order valence-electron chi connectivity index (χ4n) is 4.66. The minimum absolute atomic E-state index is 0.126. The van der Waals surface area contributed by atoms with Crippen molar-refractivity contribution in [2.45, 2.75) is 25.6 Å². The van der Waals surface area contributed by atoms with Crippen LogP contribution in [0.2, 0.25) is 0 Å². The number of β-amino-alcohol motifs (C(OH)–C–C–N with tert-alkyl or cyclic N) is 1. The maximum Gasteiger partial charge on any atom is 0.234 e. The Kier molecular flexibility index (Phi) is 11.2. The fraction of sp³-hybridized carbons (Fsp3) is 0.433. The van der Waals surface area contributed by atoms with Gasteiger partial charge in [0.2, 0.25) is 5.91 Å². The van der Waals surface area contributed by atoms with E-state index in [1.165, 1.54) is 11.3 Å². The second-order valence-corrected chi connectivity index (χ2v) is 11.0. The van der Waals surface area contributed by atoms with E-state index in [2.05, 4.69) is 22.0 Å². The number of hydrogen-bond donors (Lipinski definition) is 1. The Morgan fingerprint density at radius 1 is 1.00 bits per heavy atom. The van der Waals surface area contributed by atoms with E-state index in [4.69, 9.17) is 9.47 Å². The van der Waals surface area contributed by atoms with Gasteiger partial charge in [0.15, 0.2) is 0 Å². The minimum Gasteiger partial charge on any atom is -0.389 e. The molecule has 1 aliphatic heterocycles. The number of carbonyl (C=O) groups excluding carboxylic acids is 1. The molecule has 2 atom stereocenters. The molecular weight excluding hydrogens is 512 g/mol. The van der Waals surface area contributed by atoms with Crippen LogP contribution in [-0.2, 0) is 20.9 Å². The predicted octanol–water partition coefficient (Wildman–Crippen LogP) is 3.69. The Balaban J connectivity index is 1.19. The fourth-order valence-corrected chi connectivity index (χ4v) is 5.39. The molecule has 2 unspecified atom stereocenters. The van der Waals surface area contributed by atoms with Gasteiger partial charge in [0.05, 0.1) is 31.8 Å². The molecule has 9 heteroatoms. The zero-order valence-electron chi connectivity index (χ0n) is 22.7. The van der Waals surface area contributed by atoms with E-state index in [9.17, 15) is 9.90 Å². The maximum absolute atomic E-state index is 13.6. The monoisotopic (exact) mass is 550 g/mol. The molecule has 2 aromatic carbocycles. The normalized spacial score (nSPS) is 16.2. The standard InChI is InChI=1S/C30H38N4O4S/c1-23(13-14-27-31-32-28(39-27)22-37-2)20-38-21-26(35)19-33-15-17-34(18-16-33)30(36)29(24-9-5-3-6-10-24)25-11-7-4-8-12-25/h3-14,23,26,29,35H,15-22H2,1-2H3/b14-13+. The highest BCUT2D eigenvalue weighted by Crippen LogP contribution is 2.27. The molecule has 0 aliphatic carbocycles. The van der Waals surface area contributed by atoms with Gasteiger partial charge in [-0.1, -0.05) is 85.0 Å². The summed E-state index contributed by atoms with van der Waals surface area (Å²) in [5.74, 6) is -0.00150. The summed E-state index contributed by atoms with van der Waals surface area (Å²) in [5.41, 5.74) is 2.01. The first-order chi connectivity index (χ1) is 19.0. The Bertz CT molecular complexity index is 1130. The third-order valence-corrected chi connectivity index (χ3v) is 7.54. The van der Waals surface area contributed by atoms with Crippen LogP contribution in [0.1, 0.15) is 34.0 Å². The molecule has 8 nitrogen and oxygen atoms in total. The van der Waals surface area contributed by atoms with E-state index in [0.717, 1.165) is 34.2 Å². The van der Waals surface area contributed by atoms with Crippen LogP contribution in [-0.4, -0.2) is 90.2 Å². The van der Waals surface area contributed by atoms with Crippen molar-refractivity contribution in [3.8, 4) is 0 Å². The molecule has 0 radical (unpaired) electrons. The molecule has 0 bridgehead atoms. The van der Waals surface area contributed by atoms with Crippen LogP contribution >= 0.6 is 11.3 Å². The van der Waals surface area contributed by atoms with E-state index in [0.29, 0.717) is 32.8 Å². The number of aliphatic hydroxyl groups is 1. The van der Waals surface area contributed by atoms with Gasteiger partial charge in [0, 0.05) is 39.8 Å². The van der Waals surface area contributed by atoms with Gasteiger partial charge in [-0.25, -0.2) is 0 Å². The van der Waals surface area contributed by atoms with Crippen molar-refractivity contribution >= 4 is 23.3 Å². The van der Waals surface area contributed by atoms with Crippen molar-refractivity contribution in [1.82, 2.24) is 20.0 Å². The van der Waals surface area contributed by atoms with Crippen LogP contribution in [0.15, 0.2) is 66.7 Å². The first-order valence-electron chi connectivity index (χ1n) is 13.4. The Morgan fingerprint density at radius 2 is 1.64 bits per heavy atom. The summed E-state index contributed by atoms with van der Waals surface area (Å²) in [6, 6.07) is 20.0. The van der Waals surface area contributed by atoms with E-state index in [1.807, 2.05) is 77.7 Å². The highest BCUT2D eigenvalue weighted by molar-refractivity contribution is 7.12. The van der Waals surface area contributed by atoms with Crippen LogP contribution in [0.25, 0.3) is 6.08 Å². The maximum atomic E-state index is 13.6. The van der Waals surface area contributed by atoms with Crippen LogP contribution < -0.4 is 0 Å². The first-order valence-corrected chi connectivity index (χ1v) is 14.2. The van der Waals surface area contributed by atoms with E-state index >= 15 is 0 Å². The number of benzene rings is 2. The lowest BCUT2D eigenvalue weighted by molar-refractivity contribution is -0.133. The molecule has 0 spiro atoms. The van der Waals surface area contributed by atoms with Gasteiger partial charge >= 0.3 is 0 Å². The Hall–Kier alpha value is -2.95. The smallest absolute Gasteiger partial charge is 0.234 e. The highest BCUT2D eigenvalue weighted by atomic mass is 32.1. The van der Waals surface area contributed by atoms with E-state index in [1.54, 1.807) is 7.11 Å². The number of amides is 1. The van der Waals surface area contributed by atoms with Crippen molar-refractivity contribution in [3.63, 3.8) is 0 Å². The third kappa shape index (κ3) is 8.78. The number of aliphatic hydroxyl groups excluding tert-OH is 1. The summed E-state index contributed by atoms with van der Waals surface area (Å²) in [6.45, 7) is 6.59. The summed E-state index contributed by atoms with van der Waals surface area (Å²) in [7, 11) is 1.64. The number of rotatable bonds is 13. The molecule has 1 aromatic heterocycles. The lowest BCUT2D eigenvalue weighted by Crippen LogP contribution is -2.51. The molecule has 3 aromatic rings.